The molecule has 2 aromatic rings. The molecular formula is C12H13ClN4. The summed E-state index contributed by atoms with van der Waals surface area (Å²) in [6.45, 7) is 2.01. The van der Waals surface area contributed by atoms with Crippen LogP contribution >= 0.6 is 11.6 Å². The predicted octanol–water partition coefficient (Wildman–Crippen LogP) is 2.89. The van der Waals surface area contributed by atoms with Gasteiger partial charge in [-0.3, -0.25) is 4.98 Å². The van der Waals surface area contributed by atoms with Crippen molar-refractivity contribution < 1.29 is 0 Å². The van der Waals surface area contributed by atoms with Crippen LogP contribution < -0.4 is 11.1 Å². The predicted molar refractivity (Wildman–Crippen MR) is 69.9 cm³/mol. The van der Waals surface area contributed by atoms with Gasteiger partial charge >= 0.3 is 0 Å². The maximum Gasteiger partial charge on any atom is 0.151 e. The van der Waals surface area contributed by atoms with Crippen molar-refractivity contribution in [1.82, 2.24) is 9.97 Å². The van der Waals surface area contributed by atoms with Crippen LogP contribution in [0.1, 0.15) is 18.5 Å². The van der Waals surface area contributed by atoms with Crippen LogP contribution in [-0.2, 0) is 0 Å². The van der Waals surface area contributed by atoms with Gasteiger partial charge in [-0.15, -0.1) is 0 Å². The monoisotopic (exact) mass is 248 g/mol. The van der Waals surface area contributed by atoms with E-state index < -0.39 is 0 Å². The number of hydrogen-bond donors (Lipinski definition) is 2. The topological polar surface area (TPSA) is 63.8 Å². The first-order valence-electron chi connectivity index (χ1n) is 5.25. The van der Waals surface area contributed by atoms with Crippen LogP contribution in [0.25, 0.3) is 0 Å². The van der Waals surface area contributed by atoms with Gasteiger partial charge in [-0.1, -0.05) is 17.7 Å². The van der Waals surface area contributed by atoms with E-state index in [0.29, 0.717) is 16.7 Å². The molecule has 0 fully saturated rings. The zero-order valence-corrected chi connectivity index (χ0v) is 10.1. The summed E-state index contributed by atoms with van der Waals surface area (Å²) in [5.74, 6) is 0.592. The number of pyridine rings is 2. The Balaban J connectivity index is 2.18. The molecule has 0 saturated carbocycles. The van der Waals surface area contributed by atoms with Crippen molar-refractivity contribution in [2.75, 3.05) is 11.1 Å². The third kappa shape index (κ3) is 2.85. The average Bonchev–Trinajstić information content (AvgIpc) is 2.35. The van der Waals surface area contributed by atoms with E-state index in [9.17, 15) is 0 Å². The first-order valence-corrected chi connectivity index (χ1v) is 5.63. The molecule has 0 spiro atoms. The third-order valence-corrected chi connectivity index (χ3v) is 2.64. The highest BCUT2D eigenvalue weighted by atomic mass is 35.5. The van der Waals surface area contributed by atoms with Crippen molar-refractivity contribution in [3.05, 3.63) is 47.4 Å². The second kappa shape index (κ2) is 5.01. The highest BCUT2D eigenvalue weighted by Crippen LogP contribution is 2.23. The minimum Gasteiger partial charge on any atom is -0.396 e. The van der Waals surface area contributed by atoms with Crippen LogP contribution in [0, 0.1) is 0 Å². The van der Waals surface area contributed by atoms with Gasteiger partial charge in [0.05, 0.1) is 11.7 Å². The molecule has 1 atom stereocenters. The van der Waals surface area contributed by atoms with Crippen LogP contribution in [-0.4, -0.2) is 9.97 Å². The number of hydrogen-bond acceptors (Lipinski definition) is 4. The molecule has 1 unspecified atom stereocenters. The zero-order valence-electron chi connectivity index (χ0n) is 9.39. The molecule has 2 rings (SSSR count). The number of anilines is 2. The van der Waals surface area contributed by atoms with E-state index in [1.807, 2.05) is 19.1 Å². The van der Waals surface area contributed by atoms with Crippen LogP contribution in [0.5, 0.6) is 0 Å². The van der Waals surface area contributed by atoms with Crippen LogP contribution in [0.4, 0.5) is 11.5 Å². The van der Waals surface area contributed by atoms with Gasteiger partial charge < -0.3 is 11.1 Å². The third-order valence-electron chi connectivity index (χ3n) is 2.43. The molecule has 17 heavy (non-hydrogen) atoms. The Labute approximate surface area is 105 Å². The Morgan fingerprint density at radius 1 is 1.35 bits per heavy atom. The lowest BCUT2D eigenvalue weighted by atomic mass is 10.1. The van der Waals surface area contributed by atoms with Gasteiger partial charge in [0.1, 0.15) is 5.15 Å². The van der Waals surface area contributed by atoms with Gasteiger partial charge in [0.2, 0.25) is 0 Å². The van der Waals surface area contributed by atoms with E-state index in [1.54, 1.807) is 24.5 Å². The number of nitrogens with two attached hydrogens (primary N) is 1. The van der Waals surface area contributed by atoms with Crippen molar-refractivity contribution in [3.63, 3.8) is 0 Å². The summed E-state index contributed by atoms with van der Waals surface area (Å²) in [4.78, 5) is 8.22. The van der Waals surface area contributed by atoms with Gasteiger partial charge in [0.25, 0.3) is 0 Å². The Morgan fingerprint density at radius 2 is 2.18 bits per heavy atom. The number of rotatable bonds is 3. The maximum absolute atomic E-state index is 5.83. The SMILES string of the molecule is CC(Nc1nc(Cl)ccc1N)c1cccnc1. The fourth-order valence-electron chi connectivity index (χ4n) is 1.48. The Bertz CT molecular complexity index is 501. The van der Waals surface area contributed by atoms with Gasteiger partial charge in [-0.2, -0.15) is 0 Å². The van der Waals surface area contributed by atoms with Crippen LogP contribution in [0.2, 0.25) is 5.15 Å². The lowest BCUT2D eigenvalue weighted by molar-refractivity contribution is 0.867. The van der Waals surface area contributed by atoms with E-state index in [-0.39, 0.29) is 6.04 Å². The second-order valence-corrected chi connectivity index (χ2v) is 4.11. The summed E-state index contributed by atoms with van der Waals surface area (Å²) in [7, 11) is 0. The molecule has 3 N–H and O–H groups in total. The highest BCUT2D eigenvalue weighted by Gasteiger charge is 2.08. The molecule has 0 aliphatic heterocycles. The van der Waals surface area contributed by atoms with Crippen molar-refractivity contribution in [2.24, 2.45) is 0 Å². The molecule has 0 radical (unpaired) electrons. The van der Waals surface area contributed by atoms with Gasteiger partial charge in [-0.25, -0.2) is 4.98 Å². The normalized spacial score (nSPS) is 12.1. The summed E-state index contributed by atoms with van der Waals surface area (Å²) < 4.78 is 0. The zero-order chi connectivity index (χ0) is 12.3. The lowest BCUT2D eigenvalue weighted by Crippen LogP contribution is -2.10. The Hall–Kier alpha value is -1.81. The standard InChI is InChI=1S/C12H13ClN4/c1-8(9-3-2-6-15-7-9)16-12-10(14)4-5-11(13)17-12/h2-8H,14H2,1H3,(H,16,17). The number of aromatic nitrogens is 2. The molecule has 0 aliphatic rings. The average molecular weight is 249 g/mol. The van der Waals surface area contributed by atoms with Crippen molar-refractivity contribution >= 4 is 23.1 Å². The molecule has 5 heteroatoms. The smallest absolute Gasteiger partial charge is 0.151 e. The molecule has 0 bridgehead atoms. The number of nitrogens with zero attached hydrogens (tertiary/aromatic N) is 2. The van der Waals surface area contributed by atoms with Gasteiger partial charge in [0, 0.05) is 12.4 Å². The highest BCUT2D eigenvalue weighted by molar-refractivity contribution is 6.29. The fourth-order valence-corrected chi connectivity index (χ4v) is 1.63. The first-order chi connectivity index (χ1) is 8.16. The second-order valence-electron chi connectivity index (χ2n) is 3.72. The summed E-state index contributed by atoms with van der Waals surface area (Å²) in [5.41, 5.74) is 7.45. The number of halogens is 1. The van der Waals surface area contributed by atoms with E-state index in [2.05, 4.69) is 15.3 Å². The van der Waals surface area contributed by atoms with Crippen molar-refractivity contribution in [1.29, 1.82) is 0 Å². The summed E-state index contributed by atoms with van der Waals surface area (Å²) in [5, 5.41) is 3.62. The molecule has 4 nitrogen and oxygen atoms in total. The van der Waals surface area contributed by atoms with Crippen LogP contribution in [0.15, 0.2) is 36.7 Å². The van der Waals surface area contributed by atoms with E-state index in [0.717, 1.165) is 5.56 Å². The molecule has 0 amide bonds. The number of nitrogens with one attached hydrogen (secondary N) is 1. The molecule has 2 heterocycles. The molecule has 0 aromatic carbocycles. The van der Waals surface area contributed by atoms with Gasteiger partial charge in [0.15, 0.2) is 5.82 Å². The Kier molecular flexibility index (Phi) is 3.44. The van der Waals surface area contributed by atoms with Crippen LogP contribution in [0.3, 0.4) is 0 Å². The molecule has 88 valence electrons. The molecule has 2 aromatic heterocycles. The fraction of sp³-hybridized carbons (Fsp3) is 0.167. The molecule has 0 aliphatic carbocycles. The summed E-state index contributed by atoms with van der Waals surface area (Å²) >= 11 is 5.83. The van der Waals surface area contributed by atoms with E-state index in [1.165, 1.54) is 0 Å². The van der Waals surface area contributed by atoms with Crippen molar-refractivity contribution in [3.8, 4) is 0 Å². The van der Waals surface area contributed by atoms with Crippen molar-refractivity contribution in [2.45, 2.75) is 13.0 Å². The van der Waals surface area contributed by atoms with E-state index >= 15 is 0 Å². The number of nitrogen functional groups attached to an aromatic ring is 1. The quantitative estimate of drug-likeness (QED) is 0.820. The Morgan fingerprint density at radius 3 is 2.88 bits per heavy atom. The minimum atomic E-state index is 0.0666. The van der Waals surface area contributed by atoms with E-state index in [4.69, 9.17) is 17.3 Å². The summed E-state index contributed by atoms with van der Waals surface area (Å²) in [6, 6.07) is 7.34. The largest absolute Gasteiger partial charge is 0.396 e. The lowest BCUT2D eigenvalue weighted by Gasteiger charge is -2.15. The van der Waals surface area contributed by atoms with Gasteiger partial charge in [-0.05, 0) is 30.7 Å². The minimum absolute atomic E-state index is 0.0666. The molecular weight excluding hydrogens is 236 g/mol. The summed E-state index contributed by atoms with van der Waals surface area (Å²) in [6.07, 6.45) is 3.54. The first kappa shape index (κ1) is 11.7. The molecule has 0 saturated heterocycles. The maximum atomic E-state index is 5.83.